The minimum absolute atomic E-state index is 0.00193. The highest BCUT2D eigenvalue weighted by molar-refractivity contribution is 5.86. The second-order valence-electron chi connectivity index (χ2n) is 7.21. The molecule has 2 N–H and O–H groups in total. The topological polar surface area (TPSA) is 120 Å². The largest absolute Gasteiger partial charge is 0.467 e. The number of Topliss-reactive ketones (excluding diaryl/α,β-unsaturated/α-hetero) is 1. The molecule has 1 rings (SSSR count). The molecule has 1 aromatic carbocycles. The fourth-order valence-electron chi connectivity index (χ4n) is 2.18. The normalized spacial score (nSPS) is 11.7. The van der Waals surface area contributed by atoms with Gasteiger partial charge in [0, 0.05) is 6.42 Å². The predicted molar refractivity (Wildman–Crippen MR) is 104 cm³/mol. The molecule has 0 saturated heterocycles. The van der Waals surface area contributed by atoms with E-state index in [1.807, 2.05) is 18.2 Å². The van der Waals surface area contributed by atoms with Crippen molar-refractivity contribution < 1.29 is 33.4 Å². The number of rotatable bonds is 9. The average molecular weight is 408 g/mol. The first-order valence-electron chi connectivity index (χ1n) is 9.14. The Hall–Kier alpha value is -3.10. The zero-order chi connectivity index (χ0) is 21.9. The molecule has 9 nitrogen and oxygen atoms in total. The number of hydrogen-bond acceptors (Lipinski definition) is 7. The lowest BCUT2D eigenvalue weighted by Gasteiger charge is -2.19. The molecule has 0 bridgehead atoms. The molecule has 0 heterocycles. The van der Waals surface area contributed by atoms with Crippen LogP contribution in [0.1, 0.15) is 39.2 Å². The lowest BCUT2D eigenvalue weighted by atomic mass is 10.1. The van der Waals surface area contributed by atoms with Crippen molar-refractivity contribution in [2.75, 3.05) is 13.7 Å². The summed E-state index contributed by atoms with van der Waals surface area (Å²) in [6, 6.07) is 8.00. The second kappa shape index (κ2) is 11.7. The van der Waals surface area contributed by atoms with Crippen LogP contribution < -0.4 is 10.6 Å². The summed E-state index contributed by atoms with van der Waals surface area (Å²) in [5.41, 5.74) is 0.119. The zero-order valence-corrected chi connectivity index (χ0v) is 17.2. The van der Waals surface area contributed by atoms with Gasteiger partial charge in [0.2, 0.25) is 0 Å². The van der Waals surface area contributed by atoms with Crippen molar-refractivity contribution in [1.82, 2.24) is 10.6 Å². The van der Waals surface area contributed by atoms with Crippen molar-refractivity contribution in [3.63, 3.8) is 0 Å². The van der Waals surface area contributed by atoms with Crippen LogP contribution in [-0.4, -0.2) is 49.2 Å². The first-order chi connectivity index (χ1) is 13.6. The van der Waals surface area contributed by atoms with Crippen molar-refractivity contribution in [2.45, 2.75) is 51.9 Å². The van der Waals surface area contributed by atoms with Crippen molar-refractivity contribution in [1.29, 1.82) is 0 Å². The van der Waals surface area contributed by atoms with Crippen LogP contribution in [0.25, 0.3) is 0 Å². The van der Waals surface area contributed by atoms with Crippen LogP contribution in [0.4, 0.5) is 9.59 Å². The zero-order valence-electron chi connectivity index (χ0n) is 17.2. The number of esters is 1. The lowest BCUT2D eigenvalue weighted by molar-refractivity contribution is -0.143. The highest BCUT2D eigenvalue weighted by Crippen LogP contribution is 2.07. The fourth-order valence-corrected chi connectivity index (χ4v) is 2.18. The standard InChI is InChI=1S/C20H28N2O7/c1-20(2,3)29-18(25)21-12-15(23)10-11-16(17(24)27-4)22-19(26)28-13-14-8-6-5-7-9-14/h5-9,16H,10-13H2,1-4H3,(H,21,25)(H,22,26)/t16-/m0/s1. The number of carbonyl (C=O) groups excluding carboxylic acids is 4. The summed E-state index contributed by atoms with van der Waals surface area (Å²) in [7, 11) is 1.18. The maximum absolute atomic E-state index is 12.0. The summed E-state index contributed by atoms with van der Waals surface area (Å²) >= 11 is 0. The van der Waals surface area contributed by atoms with Crippen LogP contribution in [-0.2, 0) is 30.4 Å². The van der Waals surface area contributed by atoms with Gasteiger partial charge in [0.25, 0.3) is 0 Å². The van der Waals surface area contributed by atoms with E-state index in [-0.39, 0.29) is 31.8 Å². The highest BCUT2D eigenvalue weighted by atomic mass is 16.6. The van der Waals surface area contributed by atoms with E-state index in [0.29, 0.717) is 0 Å². The molecule has 29 heavy (non-hydrogen) atoms. The van der Waals surface area contributed by atoms with Gasteiger partial charge in [0.15, 0.2) is 5.78 Å². The smallest absolute Gasteiger partial charge is 0.408 e. The molecule has 0 aliphatic carbocycles. The molecule has 2 amide bonds. The Labute approximate surface area is 170 Å². The summed E-state index contributed by atoms with van der Waals surface area (Å²) in [5, 5.41) is 4.74. The average Bonchev–Trinajstić information content (AvgIpc) is 2.66. The van der Waals surface area contributed by atoms with Crippen LogP contribution in [0, 0.1) is 0 Å². The number of methoxy groups -OCH3 is 1. The van der Waals surface area contributed by atoms with E-state index in [4.69, 9.17) is 9.47 Å². The van der Waals surface area contributed by atoms with Gasteiger partial charge in [0.1, 0.15) is 18.2 Å². The Kier molecular flexibility index (Phi) is 9.64. The summed E-state index contributed by atoms with van der Waals surface area (Å²) < 4.78 is 14.8. The van der Waals surface area contributed by atoms with E-state index >= 15 is 0 Å². The quantitative estimate of drug-likeness (QED) is 0.475. The molecule has 0 radical (unpaired) electrons. The maximum atomic E-state index is 12.0. The monoisotopic (exact) mass is 408 g/mol. The van der Waals surface area contributed by atoms with Gasteiger partial charge in [0.05, 0.1) is 13.7 Å². The number of benzene rings is 1. The van der Waals surface area contributed by atoms with E-state index in [1.165, 1.54) is 7.11 Å². The number of ether oxygens (including phenoxy) is 3. The number of hydrogen-bond donors (Lipinski definition) is 2. The van der Waals surface area contributed by atoms with Crippen LogP contribution in [0.3, 0.4) is 0 Å². The summed E-state index contributed by atoms with van der Waals surface area (Å²) in [4.78, 5) is 47.3. The SMILES string of the molecule is COC(=O)[C@H](CCC(=O)CNC(=O)OC(C)(C)C)NC(=O)OCc1ccccc1. The number of amides is 2. The molecule has 0 aliphatic heterocycles. The summed E-state index contributed by atoms with van der Waals surface area (Å²) in [5.74, 6) is -1.03. The molecule has 160 valence electrons. The van der Waals surface area contributed by atoms with E-state index in [9.17, 15) is 19.2 Å². The van der Waals surface area contributed by atoms with Crippen molar-refractivity contribution in [3.05, 3.63) is 35.9 Å². The Bertz CT molecular complexity index is 699. The Morgan fingerprint density at radius 3 is 2.28 bits per heavy atom. The van der Waals surface area contributed by atoms with Crippen molar-refractivity contribution in [3.8, 4) is 0 Å². The Morgan fingerprint density at radius 2 is 1.69 bits per heavy atom. The van der Waals surface area contributed by atoms with E-state index in [0.717, 1.165) is 5.56 Å². The van der Waals surface area contributed by atoms with Gasteiger partial charge in [-0.15, -0.1) is 0 Å². The van der Waals surface area contributed by atoms with Crippen LogP contribution in [0.2, 0.25) is 0 Å². The van der Waals surface area contributed by atoms with Crippen LogP contribution >= 0.6 is 0 Å². The number of ketones is 1. The maximum Gasteiger partial charge on any atom is 0.408 e. The van der Waals surface area contributed by atoms with Gasteiger partial charge in [-0.25, -0.2) is 14.4 Å². The van der Waals surface area contributed by atoms with Crippen molar-refractivity contribution >= 4 is 23.9 Å². The minimum Gasteiger partial charge on any atom is -0.467 e. The molecular weight excluding hydrogens is 380 g/mol. The lowest BCUT2D eigenvalue weighted by Crippen LogP contribution is -2.42. The van der Waals surface area contributed by atoms with Gasteiger partial charge in [-0.3, -0.25) is 4.79 Å². The van der Waals surface area contributed by atoms with Gasteiger partial charge >= 0.3 is 18.2 Å². The van der Waals surface area contributed by atoms with E-state index in [2.05, 4.69) is 15.4 Å². The molecule has 0 aromatic heterocycles. The third-order valence-corrected chi connectivity index (χ3v) is 3.53. The molecule has 1 atom stereocenters. The van der Waals surface area contributed by atoms with Crippen molar-refractivity contribution in [2.24, 2.45) is 0 Å². The molecule has 0 fully saturated rings. The third-order valence-electron chi connectivity index (χ3n) is 3.53. The molecule has 0 unspecified atom stereocenters. The molecule has 9 heteroatoms. The number of alkyl carbamates (subject to hydrolysis) is 2. The van der Waals surface area contributed by atoms with Crippen LogP contribution in [0.5, 0.6) is 0 Å². The molecule has 0 spiro atoms. The number of nitrogens with one attached hydrogen (secondary N) is 2. The third kappa shape index (κ3) is 10.7. The molecule has 0 aliphatic rings. The van der Waals surface area contributed by atoms with E-state index in [1.54, 1.807) is 32.9 Å². The summed E-state index contributed by atoms with van der Waals surface area (Å²) in [6.07, 6.45) is -1.57. The first-order valence-corrected chi connectivity index (χ1v) is 9.14. The van der Waals surface area contributed by atoms with Gasteiger partial charge in [-0.1, -0.05) is 30.3 Å². The molecular formula is C20H28N2O7. The highest BCUT2D eigenvalue weighted by Gasteiger charge is 2.23. The van der Waals surface area contributed by atoms with Gasteiger partial charge in [-0.05, 0) is 32.8 Å². The van der Waals surface area contributed by atoms with Gasteiger partial charge < -0.3 is 24.8 Å². The minimum atomic E-state index is -1.05. The fraction of sp³-hybridized carbons (Fsp3) is 0.500. The first kappa shape index (κ1) is 23.9. The molecule has 1 aromatic rings. The number of carbonyl (C=O) groups is 4. The predicted octanol–water partition coefficient (Wildman–Crippen LogP) is 2.33. The summed E-state index contributed by atoms with van der Waals surface area (Å²) in [6.45, 7) is 4.91. The second-order valence-corrected chi connectivity index (χ2v) is 7.21. The Balaban J connectivity index is 2.44. The van der Waals surface area contributed by atoms with Crippen LogP contribution in [0.15, 0.2) is 30.3 Å². The van der Waals surface area contributed by atoms with Gasteiger partial charge in [-0.2, -0.15) is 0 Å². The van der Waals surface area contributed by atoms with E-state index < -0.39 is 29.8 Å². The Morgan fingerprint density at radius 1 is 1.03 bits per heavy atom. The molecule has 0 saturated carbocycles.